The Hall–Kier alpha value is 0.330. The van der Waals surface area contributed by atoms with E-state index < -0.39 is 0 Å². The van der Waals surface area contributed by atoms with Gasteiger partial charge >= 0.3 is 0 Å². The number of ether oxygens (including phenoxy) is 1. The van der Waals surface area contributed by atoms with Gasteiger partial charge in [0, 0.05) is 5.75 Å². The Morgan fingerprint density at radius 1 is 1.70 bits per heavy atom. The smallest absolute Gasteiger partial charge is 0.148 e. The van der Waals surface area contributed by atoms with Crippen molar-refractivity contribution >= 4 is 27.9 Å². The fourth-order valence-corrected chi connectivity index (χ4v) is 1.43. The summed E-state index contributed by atoms with van der Waals surface area (Å²) in [6, 6.07) is 0. The average Bonchev–Trinajstić information content (AvgIpc) is 1.98. The number of hydrogen-bond acceptors (Lipinski definition) is 4. The van der Waals surface area contributed by atoms with Gasteiger partial charge in [0.25, 0.3) is 0 Å². The lowest BCUT2D eigenvalue weighted by Gasteiger charge is -2.03. The highest BCUT2D eigenvalue weighted by atomic mass is 33.1. The van der Waals surface area contributed by atoms with Crippen LogP contribution in [0.15, 0.2) is 0 Å². The molecule has 0 amide bonds. The SMILES string of the molecule is CSSCCO[C@@H](C)C=O. The van der Waals surface area contributed by atoms with Crippen molar-refractivity contribution in [2.45, 2.75) is 13.0 Å². The van der Waals surface area contributed by atoms with E-state index in [4.69, 9.17) is 4.74 Å². The summed E-state index contributed by atoms with van der Waals surface area (Å²) < 4.78 is 5.09. The second kappa shape index (κ2) is 7.44. The van der Waals surface area contributed by atoms with E-state index in [9.17, 15) is 4.79 Å². The molecule has 0 aliphatic rings. The molecule has 0 aromatic rings. The van der Waals surface area contributed by atoms with Gasteiger partial charge in [-0.25, -0.2) is 0 Å². The Balaban J connectivity index is 2.95. The van der Waals surface area contributed by atoms with Crippen molar-refractivity contribution in [1.29, 1.82) is 0 Å². The summed E-state index contributed by atoms with van der Waals surface area (Å²) in [5.74, 6) is 0.944. The predicted octanol–water partition coefficient (Wildman–Crippen LogP) is 1.60. The predicted molar refractivity (Wildman–Crippen MR) is 47.5 cm³/mol. The van der Waals surface area contributed by atoms with Crippen LogP contribution in [0.3, 0.4) is 0 Å². The molecule has 0 rings (SSSR count). The quantitative estimate of drug-likeness (QED) is 0.352. The van der Waals surface area contributed by atoms with E-state index in [1.807, 2.05) is 6.26 Å². The highest BCUT2D eigenvalue weighted by molar-refractivity contribution is 8.76. The minimum atomic E-state index is -0.248. The van der Waals surface area contributed by atoms with Crippen molar-refractivity contribution in [2.75, 3.05) is 18.6 Å². The molecule has 10 heavy (non-hydrogen) atoms. The molecule has 1 atom stereocenters. The maximum atomic E-state index is 10.0. The minimum absolute atomic E-state index is 0.248. The van der Waals surface area contributed by atoms with Gasteiger partial charge < -0.3 is 9.53 Å². The molecule has 0 heterocycles. The van der Waals surface area contributed by atoms with Crippen LogP contribution >= 0.6 is 21.6 Å². The number of aldehydes is 1. The van der Waals surface area contributed by atoms with E-state index in [-0.39, 0.29) is 6.10 Å². The molecule has 0 saturated carbocycles. The summed E-state index contributed by atoms with van der Waals surface area (Å²) in [5.41, 5.74) is 0. The van der Waals surface area contributed by atoms with Crippen molar-refractivity contribution in [3.05, 3.63) is 0 Å². The molecule has 4 heteroatoms. The molecule has 60 valence electrons. The number of carbonyl (C=O) groups excluding carboxylic acids is 1. The molecule has 0 spiro atoms. The first-order chi connectivity index (χ1) is 4.81. The third-order valence-corrected chi connectivity index (χ3v) is 2.63. The van der Waals surface area contributed by atoms with Crippen LogP contribution in [0.5, 0.6) is 0 Å². The fraction of sp³-hybridized carbons (Fsp3) is 0.833. The molecule has 0 N–H and O–H groups in total. The Morgan fingerprint density at radius 3 is 2.90 bits per heavy atom. The summed E-state index contributed by atoms with van der Waals surface area (Å²) in [6.45, 7) is 2.40. The van der Waals surface area contributed by atoms with E-state index in [0.29, 0.717) is 6.61 Å². The van der Waals surface area contributed by atoms with Crippen LogP contribution in [0, 0.1) is 0 Å². The fourth-order valence-electron chi connectivity index (χ4n) is 0.391. The van der Waals surface area contributed by atoms with E-state index in [0.717, 1.165) is 12.0 Å². The molecular formula is C6H12O2S2. The lowest BCUT2D eigenvalue weighted by molar-refractivity contribution is -0.116. The zero-order valence-electron chi connectivity index (χ0n) is 6.20. The molecule has 0 aromatic carbocycles. The largest absolute Gasteiger partial charge is 0.370 e. The molecule has 0 radical (unpaired) electrons. The Kier molecular flexibility index (Phi) is 7.68. The van der Waals surface area contributed by atoms with Crippen LogP contribution in [-0.4, -0.2) is 31.0 Å². The van der Waals surface area contributed by atoms with Crippen LogP contribution in [0.2, 0.25) is 0 Å². The molecule has 0 aliphatic heterocycles. The normalized spacial score (nSPS) is 13.0. The van der Waals surface area contributed by atoms with Crippen LogP contribution in [0.4, 0.5) is 0 Å². The molecule has 2 nitrogen and oxygen atoms in total. The summed E-state index contributed by atoms with van der Waals surface area (Å²) in [5, 5.41) is 0. The monoisotopic (exact) mass is 180 g/mol. The standard InChI is InChI=1S/C6H12O2S2/c1-6(5-7)8-3-4-10-9-2/h5-6H,3-4H2,1-2H3/t6-/m0/s1. The lowest BCUT2D eigenvalue weighted by Crippen LogP contribution is -2.11. The van der Waals surface area contributed by atoms with Crippen LogP contribution < -0.4 is 0 Å². The summed E-state index contributed by atoms with van der Waals surface area (Å²) >= 11 is 0. The average molecular weight is 180 g/mol. The third kappa shape index (κ3) is 6.45. The molecule has 0 aromatic heterocycles. The van der Waals surface area contributed by atoms with Gasteiger partial charge in [0.2, 0.25) is 0 Å². The summed E-state index contributed by atoms with van der Waals surface area (Å²) in [6.07, 6.45) is 2.58. The highest BCUT2D eigenvalue weighted by Gasteiger charge is 1.96. The molecule has 0 aliphatic carbocycles. The van der Waals surface area contributed by atoms with E-state index >= 15 is 0 Å². The topological polar surface area (TPSA) is 26.3 Å². The maximum absolute atomic E-state index is 10.0. The van der Waals surface area contributed by atoms with Crippen molar-refractivity contribution in [3.63, 3.8) is 0 Å². The molecular weight excluding hydrogens is 168 g/mol. The van der Waals surface area contributed by atoms with Crippen LogP contribution in [0.25, 0.3) is 0 Å². The second-order valence-corrected chi connectivity index (χ2v) is 4.39. The molecule has 0 unspecified atom stereocenters. The van der Waals surface area contributed by atoms with Gasteiger partial charge in [-0.15, -0.1) is 0 Å². The summed E-state index contributed by atoms with van der Waals surface area (Å²) in [7, 11) is 3.45. The van der Waals surface area contributed by atoms with Gasteiger partial charge in [-0.3, -0.25) is 0 Å². The van der Waals surface area contributed by atoms with Gasteiger partial charge in [-0.05, 0) is 13.2 Å². The number of rotatable bonds is 6. The number of carbonyl (C=O) groups is 1. The van der Waals surface area contributed by atoms with Gasteiger partial charge in [0.05, 0.1) is 6.61 Å². The van der Waals surface area contributed by atoms with Crippen molar-refractivity contribution in [3.8, 4) is 0 Å². The van der Waals surface area contributed by atoms with E-state index in [2.05, 4.69) is 0 Å². The molecule has 0 bridgehead atoms. The van der Waals surface area contributed by atoms with Gasteiger partial charge in [-0.2, -0.15) is 0 Å². The van der Waals surface area contributed by atoms with Crippen molar-refractivity contribution in [2.24, 2.45) is 0 Å². The number of hydrogen-bond donors (Lipinski definition) is 0. The minimum Gasteiger partial charge on any atom is -0.370 e. The van der Waals surface area contributed by atoms with E-state index in [1.165, 1.54) is 0 Å². The Morgan fingerprint density at radius 2 is 2.40 bits per heavy atom. The first kappa shape index (κ1) is 10.3. The maximum Gasteiger partial charge on any atom is 0.148 e. The highest BCUT2D eigenvalue weighted by Crippen LogP contribution is 2.15. The molecule has 0 saturated heterocycles. The van der Waals surface area contributed by atoms with Gasteiger partial charge in [0.1, 0.15) is 12.4 Å². The Labute approximate surface area is 69.5 Å². The van der Waals surface area contributed by atoms with Crippen LogP contribution in [-0.2, 0) is 9.53 Å². The summed E-state index contributed by atoms with van der Waals surface area (Å²) in [4.78, 5) is 10.0. The third-order valence-electron chi connectivity index (χ3n) is 0.857. The molecule has 0 fully saturated rings. The first-order valence-corrected chi connectivity index (χ1v) is 5.76. The van der Waals surface area contributed by atoms with Gasteiger partial charge in [0.15, 0.2) is 0 Å². The first-order valence-electron chi connectivity index (χ1n) is 3.03. The second-order valence-electron chi connectivity index (χ2n) is 1.70. The van der Waals surface area contributed by atoms with Crippen molar-refractivity contribution in [1.82, 2.24) is 0 Å². The van der Waals surface area contributed by atoms with Gasteiger partial charge in [-0.1, -0.05) is 21.6 Å². The zero-order valence-corrected chi connectivity index (χ0v) is 7.83. The lowest BCUT2D eigenvalue weighted by atomic mass is 10.5. The van der Waals surface area contributed by atoms with Crippen molar-refractivity contribution < 1.29 is 9.53 Å². The zero-order chi connectivity index (χ0) is 7.82. The Bertz CT molecular complexity index is 87.8. The van der Waals surface area contributed by atoms with Crippen LogP contribution in [0.1, 0.15) is 6.92 Å². The van der Waals surface area contributed by atoms with E-state index in [1.54, 1.807) is 28.5 Å².